The van der Waals surface area contributed by atoms with E-state index >= 15 is 0 Å². The number of hydrogen-bond acceptors (Lipinski definition) is 4. The summed E-state index contributed by atoms with van der Waals surface area (Å²) < 4.78 is 0. The van der Waals surface area contributed by atoms with Crippen LogP contribution in [-0.2, 0) is 6.54 Å². The summed E-state index contributed by atoms with van der Waals surface area (Å²) in [6, 6.07) is 0. The highest BCUT2D eigenvalue weighted by atomic mass is 35.5. The van der Waals surface area contributed by atoms with E-state index in [1.807, 2.05) is 20.3 Å². The van der Waals surface area contributed by atoms with Crippen molar-refractivity contribution in [1.29, 1.82) is 0 Å². The van der Waals surface area contributed by atoms with E-state index in [2.05, 4.69) is 22.1 Å². The predicted octanol–water partition coefficient (Wildman–Crippen LogP) is 2.91. The monoisotopic (exact) mass is 275 g/mol. The number of nitrogens with zero attached hydrogens (tertiary/aromatic N) is 2. The first-order valence-corrected chi connectivity index (χ1v) is 6.80. The fourth-order valence-corrected chi connectivity index (χ4v) is 2.67. The van der Waals surface area contributed by atoms with E-state index in [0.717, 1.165) is 11.7 Å². The van der Waals surface area contributed by atoms with Crippen molar-refractivity contribution < 1.29 is 0 Å². The van der Waals surface area contributed by atoms with Crippen LogP contribution in [0.2, 0.25) is 0 Å². The van der Waals surface area contributed by atoms with Crippen molar-refractivity contribution in [2.24, 2.45) is 5.41 Å². The molecule has 1 N–H and O–H groups in total. The van der Waals surface area contributed by atoms with Gasteiger partial charge in [-0.15, -0.1) is 23.7 Å². The van der Waals surface area contributed by atoms with E-state index in [9.17, 15) is 0 Å². The van der Waals surface area contributed by atoms with Gasteiger partial charge in [0.25, 0.3) is 0 Å². The summed E-state index contributed by atoms with van der Waals surface area (Å²) in [6.07, 6.45) is 6.11. The van der Waals surface area contributed by atoms with Gasteiger partial charge in [-0.25, -0.2) is 4.98 Å². The Morgan fingerprint density at radius 3 is 2.65 bits per heavy atom. The van der Waals surface area contributed by atoms with Crippen LogP contribution in [0.3, 0.4) is 0 Å². The number of nitrogens with one attached hydrogen (secondary N) is 1. The van der Waals surface area contributed by atoms with Crippen LogP contribution in [0.25, 0.3) is 0 Å². The predicted molar refractivity (Wildman–Crippen MR) is 77.4 cm³/mol. The molecule has 5 heteroatoms. The van der Waals surface area contributed by atoms with Gasteiger partial charge >= 0.3 is 0 Å². The van der Waals surface area contributed by atoms with Crippen molar-refractivity contribution in [3.63, 3.8) is 0 Å². The van der Waals surface area contributed by atoms with Crippen LogP contribution in [0.4, 0.5) is 5.13 Å². The molecule has 0 bridgehead atoms. The molecule has 0 unspecified atom stereocenters. The number of halogens is 1. The molecule has 0 amide bonds. The Hall–Kier alpha value is -0.320. The second-order valence-corrected chi connectivity index (χ2v) is 6.05. The molecule has 3 nitrogen and oxygen atoms in total. The number of rotatable bonds is 6. The Balaban J connectivity index is 0.00000144. The van der Waals surface area contributed by atoms with Gasteiger partial charge in [-0.05, 0) is 24.7 Å². The largest absolute Gasteiger partial charge is 0.354 e. The molecule has 1 fully saturated rings. The molecule has 0 saturated heterocycles. The van der Waals surface area contributed by atoms with Gasteiger partial charge in [0, 0.05) is 38.3 Å². The fraction of sp³-hybridized carbons (Fsp3) is 0.750. The number of anilines is 1. The summed E-state index contributed by atoms with van der Waals surface area (Å²) >= 11 is 1.77. The maximum atomic E-state index is 4.37. The average molecular weight is 276 g/mol. The van der Waals surface area contributed by atoms with Crippen LogP contribution in [0.15, 0.2) is 6.20 Å². The highest BCUT2D eigenvalue weighted by molar-refractivity contribution is 7.15. The van der Waals surface area contributed by atoms with Gasteiger partial charge in [-0.1, -0.05) is 6.92 Å². The normalized spacial score (nSPS) is 16.4. The molecule has 98 valence electrons. The number of hydrogen-bond donors (Lipinski definition) is 1. The van der Waals surface area contributed by atoms with Crippen LogP contribution in [0, 0.1) is 5.41 Å². The average Bonchev–Trinajstić information content (AvgIpc) is 2.88. The maximum absolute atomic E-state index is 4.37. The third-order valence-corrected chi connectivity index (χ3v) is 4.60. The van der Waals surface area contributed by atoms with Gasteiger partial charge in [-0.2, -0.15) is 0 Å². The molecule has 0 atom stereocenters. The standard InChI is InChI=1S/C12H21N3S.ClH/c1-4-12(5-6-12)9-13-7-10-8-14-11(16-10)15(2)3;/h8,13H,4-7,9H2,1-3H3;1H. The second kappa shape index (κ2) is 6.03. The van der Waals surface area contributed by atoms with Crippen LogP contribution < -0.4 is 10.2 Å². The summed E-state index contributed by atoms with van der Waals surface area (Å²) in [4.78, 5) is 7.76. The lowest BCUT2D eigenvalue weighted by molar-refractivity contribution is 0.444. The van der Waals surface area contributed by atoms with Gasteiger partial charge in [0.05, 0.1) is 0 Å². The van der Waals surface area contributed by atoms with E-state index in [1.54, 1.807) is 11.3 Å². The lowest BCUT2D eigenvalue weighted by atomic mass is 10.0. The molecule has 1 aliphatic carbocycles. The SMILES string of the molecule is CCC1(CNCc2cnc(N(C)C)s2)CC1.Cl. The summed E-state index contributed by atoms with van der Waals surface area (Å²) in [7, 11) is 4.07. The minimum atomic E-state index is 0. The Morgan fingerprint density at radius 2 is 2.18 bits per heavy atom. The van der Waals surface area contributed by atoms with Gasteiger partial charge in [-0.3, -0.25) is 0 Å². The van der Waals surface area contributed by atoms with Crippen molar-refractivity contribution in [2.75, 3.05) is 25.5 Å². The minimum Gasteiger partial charge on any atom is -0.354 e. The molecule has 0 spiro atoms. The molecule has 0 aliphatic heterocycles. The van der Waals surface area contributed by atoms with E-state index in [-0.39, 0.29) is 12.4 Å². The molecule has 1 aliphatic rings. The third kappa shape index (κ3) is 3.83. The molecule has 17 heavy (non-hydrogen) atoms. The molecule has 1 heterocycles. The first-order chi connectivity index (χ1) is 7.65. The highest BCUT2D eigenvalue weighted by Gasteiger charge is 2.39. The molecule has 0 aromatic carbocycles. The van der Waals surface area contributed by atoms with Crippen LogP contribution in [-0.4, -0.2) is 25.6 Å². The first-order valence-electron chi connectivity index (χ1n) is 5.98. The molecule has 0 radical (unpaired) electrons. The molecule has 1 aromatic rings. The smallest absolute Gasteiger partial charge is 0.185 e. The topological polar surface area (TPSA) is 28.2 Å². The van der Waals surface area contributed by atoms with Gasteiger partial charge in [0.1, 0.15) is 0 Å². The van der Waals surface area contributed by atoms with Crippen molar-refractivity contribution in [3.05, 3.63) is 11.1 Å². The number of thiazole rings is 1. The zero-order valence-electron chi connectivity index (χ0n) is 10.8. The Kier molecular flexibility index (Phi) is 5.22. The number of aromatic nitrogens is 1. The van der Waals surface area contributed by atoms with Gasteiger partial charge in [0.15, 0.2) is 5.13 Å². The van der Waals surface area contributed by atoms with E-state index in [0.29, 0.717) is 5.41 Å². The van der Waals surface area contributed by atoms with Crippen molar-refractivity contribution >= 4 is 28.9 Å². The molecule has 1 aromatic heterocycles. The Labute approximate surface area is 114 Å². The summed E-state index contributed by atoms with van der Waals surface area (Å²) in [6.45, 7) is 4.43. The first kappa shape index (κ1) is 14.7. The third-order valence-electron chi connectivity index (χ3n) is 3.43. The zero-order valence-corrected chi connectivity index (χ0v) is 12.5. The van der Waals surface area contributed by atoms with Crippen molar-refractivity contribution in [1.82, 2.24) is 10.3 Å². The lowest BCUT2D eigenvalue weighted by Gasteiger charge is -2.12. The Morgan fingerprint density at radius 1 is 1.47 bits per heavy atom. The summed E-state index contributed by atoms with van der Waals surface area (Å²) in [5, 5.41) is 4.65. The molecular formula is C12H22ClN3S. The quantitative estimate of drug-likeness (QED) is 0.865. The van der Waals surface area contributed by atoms with E-state index < -0.39 is 0 Å². The fourth-order valence-electron chi connectivity index (χ4n) is 1.87. The van der Waals surface area contributed by atoms with Crippen LogP contribution >= 0.6 is 23.7 Å². The molecule has 2 rings (SSSR count). The minimum absolute atomic E-state index is 0. The van der Waals surface area contributed by atoms with Crippen LogP contribution in [0.1, 0.15) is 31.1 Å². The lowest BCUT2D eigenvalue weighted by Crippen LogP contribution is -2.22. The molecular weight excluding hydrogens is 254 g/mol. The second-order valence-electron chi connectivity index (χ2n) is 4.96. The van der Waals surface area contributed by atoms with Crippen molar-refractivity contribution in [3.8, 4) is 0 Å². The Bertz CT molecular complexity index is 347. The van der Waals surface area contributed by atoms with Gasteiger partial charge < -0.3 is 10.2 Å². The van der Waals surface area contributed by atoms with Crippen LogP contribution in [0.5, 0.6) is 0 Å². The van der Waals surface area contributed by atoms with E-state index in [4.69, 9.17) is 0 Å². The molecule has 1 saturated carbocycles. The maximum Gasteiger partial charge on any atom is 0.185 e. The zero-order chi connectivity index (χ0) is 11.6. The summed E-state index contributed by atoms with van der Waals surface area (Å²) in [5.74, 6) is 0. The van der Waals surface area contributed by atoms with Crippen molar-refractivity contribution in [2.45, 2.75) is 32.7 Å². The summed E-state index contributed by atoms with van der Waals surface area (Å²) in [5.41, 5.74) is 0.634. The van der Waals surface area contributed by atoms with E-state index in [1.165, 1.54) is 30.7 Å². The highest BCUT2D eigenvalue weighted by Crippen LogP contribution is 2.47. The van der Waals surface area contributed by atoms with Gasteiger partial charge in [0.2, 0.25) is 0 Å².